The number of rotatable bonds is 2. The Morgan fingerprint density at radius 2 is 1.14 bits per heavy atom. The summed E-state index contributed by atoms with van der Waals surface area (Å²) in [4.78, 5) is 22.8. The van der Waals surface area contributed by atoms with Crippen LogP contribution in [-0.2, 0) is 19.1 Å². The van der Waals surface area contributed by atoms with Crippen molar-refractivity contribution in [2.75, 3.05) is 0 Å². The minimum absolute atomic E-state index is 0.0421. The molecule has 1 saturated heterocycles. The smallest absolute Gasteiger partial charge is 0.348 e. The fourth-order valence-corrected chi connectivity index (χ4v) is 1.30. The third-order valence-corrected chi connectivity index (χ3v) is 2.16. The van der Waals surface area contributed by atoms with Crippen LogP contribution in [0.2, 0.25) is 0 Å². The number of hydrogen-bond acceptors (Lipinski definition) is 4. The molecule has 1 heterocycles. The van der Waals surface area contributed by atoms with Crippen molar-refractivity contribution >= 4 is 11.9 Å². The van der Waals surface area contributed by atoms with E-state index in [9.17, 15) is 9.59 Å². The van der Waals surface area contributed by atoms with Crippen LogP contribution >= 0.6 is 0 Å². The maximum Gasteiger partial charge on any atom is 0.348 e. The van der Waals surface area contributed by atoms with Crippen LogP contribution in [0.5, 0.6) is 0 Å². The van der Waals surface area contributed by atoms with Gasteiger partial charge in [0.2, 0.25) is 12.2 Å². The lowest BCUT2D eigenvalue weighted by Gasteiger charge is -2.30. The summed E-state index contributed by atoms with van der Waals surface area (Å²) in [5.74, 6) is -0.948. The largest absolute Gasteiger partial charge is 0.447 e. The summed E-state index contributed by atoms with van der Waals surface area (Å²) in [6, 6.07) is 0. The lowest BCUT2D eigenvalue weighted by Crippen LogP contribution is -2.48. The Hall–Kier alpha value is -1.06. The van der Waals surface area contributed by atoms with Crippen molar-refractivity contribution < 1.29 is 19.1 Å². The number of hydrogen-bond donors (Lipinski definition) is 0. The summed E-state index contributed by atoms with van der Waals surface area (Å²) < 4.78 is 10.0. The van der Waals surface area contributed by atoms with Crippen LogP contribution in [0.3, 0.4) is 0 Å². The number of cyclic esters (lactones) is 2. The molecular formula is C10H16O4. The molecule has 1 fully saturated rings. The van der Waals surface area contributed by atoms with Gasteiger partial charge in [0.25, 0.3) is 0 Å². The van der Waals surface area contributed by atoms with Gasteiger partial charge in [-0.3, -0.25) is 0 Å². The summed E-state index contributed by atoms with van der Waals surface area (Å²) in [7, 11) is 0. The Labute approximate surface area is 83.6 Å². The summed E-state index contributed by atoms with van der Waals surface area (Å²) in [6.45, 7) is 7.26. The van der Waals surface area contributed by atoms with Crippen LogP contribution in [0.25, 0.3) is 0 Å². The van der Waals surface area contributed by atoms with Crippen LogP contribution in [0.1, 0.15) is 27.7 Å². The van der Waals surface area contributed by atoms with E-state index >= 15 is 0 Å². The number of carbonyl (C=O) groups is 2. The van der Waals surface area contributed by atoms with E-state index in [-0.39, 0.29) is 11.8 Å². The molecular weight excluding hydrogens is 184 g/mol. The van der Waals surface area contributed by atoms with E-state index in [1.165, 1.54) is 0 Å². The third kappa shape index (κ3) is 2.05. The molecule has 0 radical (unpaired) electrons. The van der Waals surface area contributed by atoms with Gasteiger partial charge in [-0.05, 0) is 0 Å². The maximum absolute atomic E-state index is 11.4. The topological polar surface area (TPSA) is 52.6 Å². The quantitative estimate of drug-likeness (QED) is 0.627. The predicted molar refractivity (Wildman–Crippen MR) is 49.4 cm³/mol. The third-order valence-electron chi connectivity index (χ3n) is 2.16. The van der Waals surface area contributed by atoms with Crippen LogP contribution < -0.4 is 0 Å². The van der Waals surface area contributed by atoms with Crippen molar-refractivity contribution in [2.24, 2.45) is 11.8 Å². The predicted octanol–water partition coefficient (Wildman–Crippen LogP) is 1.14. The zero-order valence-corrected chi connectivity index (χ0v) is 8.94. The van der Waals surface area contributed by atoms with E-state index in [4.69, 9.17) is 9.47 Å². The molecule has 1 aliphatic heterocycles. The average molecular weight is 200 g/mol. The van der Waals surface area contributed by atoms with Gasteiger partial charge in [-0.1, -0.05) is 27.7 Å². The molecule has 0 aliphatic carbocycles. The Balaban J connectivity index is 2.72. The Bertz CT molecular complexity index is 219. The molecule has 0 bridgehead atoms. The van der Waals surface area contributed by atoms with Crippen molar-refractivity contribution in [2.45, 2.75) is 39.9 Å². The first-order valence-corrected chi connectivity index (χ1v) is 4.84. The standard InChI is InChI=1S/C10H16O4/c1-5(2)7-9(11)14-8(6(3)4)10(12)13-7/h5-8H,1-4H3. The zero-order chi connectivity index (χ0) is 10.9. The maximum atomic E-state index is 11.4. The first-order valence-electron chi connectivity index (χ1n) is 4.84. The highest BCUT2D eigenvalue weighted by Gasteiger charge is 2.40. The zero-order valence-electron chi connectivity index (χ0n) is 8.94. The minimum atomic E-state index is -0.738. The second-order valence-electron chi connectivity index (χ2n) is 4.20. The molecule has 2 unspecified atom stereocenters. The lowest BCUT2D eigenvalue weighted by atomic mass is 10.0. The molecule has 0 N–H and O–H groups in total. The van der Waals surface area contributed by atoms with E-state index < -0.39 is 24.1 Å². The first kappa shape index (κ1) is 11.0. The van der Waals surface area contributed by atoms with E-state index in [0.717, 1.165) is 0 Å². The van der Waals surface area contributed by atoms with Gasteiger partial charge in [0.15, 0.2) is 0 Å². The number of carbonyl (C=O) groups excluding carboxylic acids is 2. The Morgan fingerprint density at radius 1 is 0.857 bits per heavy atom. The normalized spacial score (nSPS) is 27.9. The molecule has 4 heteroatoms. The van der Waals surface area contributed by atoms with E-state index in [2.05, 4.69) is 0 Å². The Kier molecular flexibility index (Phi) is 3.13. The van der Waals surface area contributed by atoms with Gasteiger partial charge in [-0.25, -0.2) is 9.59 Å². The molecule has 0 saturated carbocycles. The summed E-state index contributed by atoms with van der Waals surface area (Å²) in [6.07, 6.45) is -1.48. The van der Waals surface area contributed by atoms with Gasteiger partial charge in [0.05, 0.1) is 0 Å². The molecule has 0 amide bonds. The monoisotopic (exact) mass is 200 g/mol. The van der Waals surface area contributed by atoms with Gasteiger partial charge < -0.3 is 9.47 Å². The highest BCUT2D eigenvalue weighted by atomic mass is 16.6. The van der Waals surface area contributed by atoms with Crippen LogP contribution in [-0.4, -0.2) is 24.1 Å². The van der Waals surface area contributed by atoms with E-state index in [0.29, 0.717) is 0 Å². The molecule has 14 heavy (non-hydrogen) atoms. The first-order chi connectivity index (χ1) is 6.43. The Morgan fingerprint density at radius 3 is 1.36 bits per heavy atom. The SMILES string of the molecule is CC(C)C1OC(=O)C(C(C)C)OC1=O. The minimum Gasteiger partial charge on any atom is -0.447 e. The molecule has 1 aliphatic rings. The number of esters is 2. The molecule has 0 aromatic carbocycles. The van der Waals surface area contributed by atoms with Gasteiger partial charge in [-0.15, -0.1) is 0 Å². The van der Waals surface area contributed by atoms with Gasteiger partial charge in [0.1, 0.15) is 0 Å². The molecule has 0 aromatic rings. The van der Waals surface area contributed by atoms with E-state index in [1.807, 2.05) is 27.7 Å². The van der Waals surface area contributed by atoms with Crippen LogP contribution in [0, 0.1) is 11.8 Å². The van der Waals surface area contributed by atoms with E-state index in [1.54, 1.807) is 0 Å². The summed E-state index contributed by atoms with van der Waals surface area (Å²) >= 11 is 0. The van der Waals surface area contributed by atoms with Crippen molar-refractivity contribution in [1.29, 1.82) is 0 Å². The van der Waals surface area contributed by atoms with Gasteiger partial charge in [-0.2, -0.15) is 0 Å². The highest BCUT2D eigenvalue weighted by molar-refractivity contribution is 5.87. The lowest BCUT2D eigenvalue weighted by molar-refractivity contribution is -0.201. The van der Waals surface area contributed by atoms with Crippen LogP contribution in [0.15, 0.2) is 0 Å². The molecule has 80 valence electrons. The second kappa shape index (κ2) is 3.98. The average Bonchev–Trinajstić information content (AvgIpc) is 2.07. The molecule has 4 nitrogen and oxygen atoms in total. The fourth-order valence-electron chi connectivity index (χ4n) is 1.30. The molecule has 2 atom stereocenters. The summed E-state index contributed by atoms with van der Waals surface area (Å²) in [5, 5.41) is 0. The fraction of sp³-hybridized carbons (Fsp3) is 0.800. The van der Waals surface area contributed by atoms with Crippen molar-refractivity contribution in [3.63, 3.8) is 0 Å². The summed E-state index contributed by atoms with van der Waals surface area (Å²) in [5.41, 5.74) is 0. The van der Waals surface area contributed by atoms with Crippen molar-refractivity contribution in [3.05, 3.63) is 0 Å². The van der Waals surface area contributed by atoms with Gasteiger partial charge >= 0.3 is 11.9 Å². The molecule has 0 spiro atoms. The molecule has 1 rings (SSSR count). The second-order valence-corrected chi connectivity index (χ2v) is 4.20. The number of ether oxygens (including phenoxy) is 2. The van der Waals surface area contributed by atoms with Gasteiger partial charge in [0, 0.05) is 11.8 Å². The highest BCUT2D eigenvalue weighted by Crippen LogP contribution is 2.21. The van der Waals surface area contributed by atoms with Crippen LogP contribution in [0.4, 0.5) is 0 Å². The van der Waals surface area contributed by atoms with Crippen molar-refractivity contribution in [1.82, 2.24) is 0 Å². The van der Waals surface area contributed by atoms with Crippen molar-refractivity contribution in [3.8, 4) is 0 Å². The molecule has 0 aromatic heterocycles.